The van der Waals surface area contributed by atoms with Gasteiger partial charge in [0.15, 0.2) is 0 Å². The van der Waals surface area contributed by atoms with Gasteiger partial charge in [0, 0.05) is 20.1 Å². The van der Waals surface area contributed by atoms with Crippen LogP contribution in [-0.4, -0.2) is 70.3 Å². The van der Waals surface area contributed by atoms with Crippen LogP contribution in [0.3, 0.4) is 0 Å². The van der Waals surface area contributed by atoms with Crippen LogP contribution in [0.2, 0.25) is 0 Å². The minimum absolute atomic E-state index is 0.102. The van der Waals surface area contributed by atoms with Crippen molar-refractivity contribution in [1.29, 1.82) is 0 Å². The van der Waals surface area contributed by atoms with Crippen LogP contribution in [0.5, 0.6) is 0 Å². The molecule has 1 aromatic rings. The van der Waals surface area contributed by atoms with Crippen LogP contribution in [0.4, 0.5) is 0 Å². The fourth-order valence-corrected chi connectivity index (χ4v) is 2.95. The van der Waals surface area contributed by atoms with Crippen LogP contribution in [0.25, 0.3) is 0 Å². The highest BCUT2D eigenvalue weighted by Crippen LogP contribution is 2.28. The predicted molar refractivity (Wildman–Crippen MR) is 76.4 cm³/mol. The summed E-state index contributed by atoms with van der Waals surface area (Å²) in [6, 6.07) is -0.160. The van der Waals surface area contributed by atoms with Crippen molar-refractivity contribution in [2.45, 2.75) is 31.8 Å². The molecule has 1 atom stereocenters. The fourth-order valence-electron chi connectivity index (χ4n) is 2.95. The number of amides is 1. The van der Waals surface area contributed by atoms with Crippen LogP contribution < -0.4 is 0 Å². The summed E-state index contributed by atoms with van der Waals surface area (Å²) in [6.07, 6.45) is 5.39. The zero-order chi connectivity index (χ0) is 14.7. The van der Waals surface area contributed by atoms with Gasteiger partial charge in [-0.15, -0.1) is 0 Å². The van der Waals surface area contributed by atoms with E-state index < -0.39 is 0 Å². The first kappa shape index (κ1) is 14.5. The first-order valence-electron chi connectivity index (χ1n) is 7.65. The van der Waals surface area contributed by atoms with Crippen molar-refractivity contribution >= 4 is 5.91 Å². The number of aromatic nitrogens is 3. The molecule has 1 unspecified atom stereocenters. The molecule has 0 radical (unpaired) electrons. The summed E-state index contributed by atoms with van der Waals surface area (Å²) in [5.41, 5.74) is 0. The summed E-state index contributed by atoms with van der Waals surface area (Å²) >= 11 is 0. The van der Waals surface area contributed by atoms with E-state index >= 15 is 0 Å². The monoisotopic (exact) mass is 293 g/mol. The van der Waals surface area contributed by atoms with Gasteiger partial charge < -0.3 is 9.64 Å². The van der Waals surface area contributed by atoms with Crippen LogP contribution in [0, 0.1) is 5.92 Å². The third-order valence-electron chi connectivity index (χ3n) is 4.47. The van der Waals surface area contributed by atoms with Crippen LogP contribution in [0.1, 0.15) is 25.1 Å². The smallest absolute Gasteiger partial charge is 0.242 e. The quantitative estimate of drug-likeness (QED) is 0.843. The molecular weight excluding hydrogens is 270 g/mol. The van der Waals surface area contributed by atoms with Gasteiger partial charge in [-0.2, -0.15) is 5.10 Å². The van der Waals surface area contributed by atoms with Crippen molar-refractivity contribution < 1.29 is 9.53 Å². The summed E-state index contributed by atoms with van der Waals surface area (Å²) in [6.45, 7) is 3.54. The molecule has 3 rings (SSSR count). The highest BCUT2D eigenvalue weighted by Gasteiger charge is 2.34. The Kier molecular flexibility index (Phi) is 4.50. The molecule has 0 aromatic carbocycles. The second-order valence-electron chi connectivity index (χ2n) is 6.01. The number of carbonyl (C=O) groups excluding carboxylic acids is 1. The van der Waals surface area contributed by atoms with E-state index in [1.807, 2.05) is 0 Å². The number of nitrogens with zero attached hydrogens (tertiary/aromatic N) is 4. The highest BCUT2D eigenvalue weighted by molar-refractivity contribution is 5.81. The van der Waals surface area contributed by atoms with Crippen LogP contribution in [0.15, 0.2) is 6.33 Å². The van der Waals surface area contributed by atoms with Crippen molar-refractivity contribution in [3.8, 4) is 0 Å². The van der Waals surface area contributed by atoms with E-state index in [4.69, 9.17) is 4.74 Å². The van der Waals surface area contributed by atoms with E-state index in [1.54, 1.807) is 11.9 Å². The molecule has 2 aliphatic rings. The summed E-state index contributed by atoms with van der Waals surface area (Å²) in [7, 11) is 1.81. The molecule has 0 spiro atoms. The zero-order valence-corrected chi connectivity index (χ0v) is 12.5. The Hall–Kier alpha value is -1.47. The lowest BCUT2D eigenvalue weighted by atomic mass is 9.84. The molecule has 1 aliphatic heterocycles. The van der Waals surface area contributed by atoms with Gasteiger partial charge in [0.1, 0.15) is 18.2 Å². The predicted octanol–water partition coefficient (Wildman–Crippen LogP) is 0.264. The number of hydrogen-bond acceptors (Lipinski definition) is 5. The number of nitrogens with one attached hydrogen (secondary N) is 1. The van der Waals surface area contributed by atoms with E-state index in [2.05, 4.69) is 20.1 Å². The topological polar surface area (TPSA) is 74.3 Å². The third-order valence-corrected chi connectivity index (χ3v) is 4.47. The molecule has 116 valence electrons. The minimum atomic E-state index is -0.160. The Balaban J connectivity index is 1.59. The molecule has 1 aliphatic carbocycles. The van der Waals surface area contributed by atoms with Crippen LogP contribution in [-0.2, 0) is 16.1 Å². The zero-order valence-electron chi connectivity index (χ0n) is 12.5. The second-order valence-corrected chi connectivity index (χ2v) is 6.01. The van der Waals surface area contributed by atoms with Gasteiger partial charge in [0.25, 0.3) is 0 Å². The molecule has 1 saturated carbocycles. The molecule has 1 amide bonds. The maximum atomic E-state index is 12.7. The number of likely N-dealkylation sites (N-methyl/N-ethyl adjacent to an activating group) is 1. The SMILES string of the molecule is CN(Cc1ncn[nH]1)C(=O)C1COCCN1CC1CCC1. The van der Waals surface area contributed by atoms with E-state index in [9.17, 15) is 4.79 Å². The van der Waals surface area contributed by atoms with Crippen molar-refractivity contribution in [3.63, 3.8) is 0 Å². The summed E-state index contributed by atoms with van der Waals surface area (Å²) < 4.78 is 5.53. The van der Waals surface area contributed by atoms with E-state index in [1.165, 1.54) is 25.6 Å². The fraction of sp³-hybridized carbons (Fsp3) is 0.786. The van der Waals surface area contributed by atoms with Gasteiger partial charge in [-0.05, 0) is 18.8 Å². The maximum absolute atomic E-state index is 12.7. The number of aromatic amines is 1. The van der Waals surface area contributed by atoms with Crippen molar-refractivity contribution in [2.75, 3.05) is 33.4 Å². The minimum Gasteiger partial charge on any atom is -0.378 e. The van der Waals surface area contributed by atoms with Crippen molar-refractivity contribution in [1.82, 2.24) is 25.0 Å². The first-order chi connectivity index (χ1) is 10.2. The molecular formula is C14H23N5O2. The van der Waals surface area contributed by atoms with Gasteiger partial charge in [0.05, 0.1) is 19.8 Å². The third kappa shape index (κ3) is 3.41. The molecule has 2 heterocycles. The average molecular weight is 293 g/mol. The average Bonchev–Trinajstić information content (AvgIpc) is 2.95. The molecule has 7 nitrogen and oxygen atoms in total. The summed E-state index contributed by atoms with van der Waals surface area (Å²) in [5.74, 6) is 1.57. The molecule has 7 heteroatoms. The van der Waals surface area contributed by atoms with Crippen molar-refractivity contribution in [2.24, 2.45) is 5.92 Å². The number of hydrogen-bond donors (Lipinski definition) is 1. The molecule has 2 fully saturated rings. The van der Waals surface area contributed by atoms with Gasteiger partial charge >= 0.3 is 0 Å². The second kappa shape index (κ2) is 6.53. The maximum Gasteiger partial charge on any atom is 0.242 e. The van der Waals surface area contributed by atoms with Gasteiger partial charge in [-0.1, -0.05) is 6.42 Å². The Morgan fingerprint density at radius 1 is 1.57 bits per heavy atom. The van der Waals surface area contributed by atoms with E-state index in [-0.39, 0.29) is 11.9 Å². The highest BCUT2D eigenvalue weighted by atomic mass is 16.5. The molecule has 1 saturated heterocycles. The Morgan fingerprint density at radius 3 is 3.10 bits per heavy atom. The normalized spacial score (nSPS) is 23.8. The number of ether oxygens (including phenoxy) is 1. The molecule has 0 bridgehead atoms. The number of H-pyrrole nitrogens is 1. The summed E-state index contributed by atoms with van der Waals surface area (Å²) in [4.78, 5) is 20.7. The summed E-state index contributed by atoms with van der Waals surface area (Å²) in [5, 5.41) is 6.60. The lowest BCUT2D eigenvalue weighted by Gasteiger charge is -2.40. The van der Waals surface area contributed by atoms with Crippen LogP contribution >= 0.6 is 0 Å². The van der Waals surface area contributed by atoms with E-state index in [0.717, 1.165) is 25.6 Å². The Labute approximate surface area is 124 Å². The van der Waals surface area contributed by atoms with Crippen molar-refractivity contribution in [3.05, 3.63) is 12.2 Å². The molecule has 21 heavy (non-hydrogen) atoms. The molecule has 1 aromatic heterocycles. The Bertz CT molecular complexity index is 460. The number of carbonyl (C=O) groups is 1. The van der Waals surface area contributed by atoms with Gasteiger partial charge in [-0.25, -0.2) is 4.98 Å². The Morgan fingerprint density at radius 2 is 2.43 bits per heavy atom. The first-order valence-corrected chi connectivity index (χ1v) is 7.65. The lowest BCUT2D eigenvalue weighted by Crippen LogP contribution is -2.55. The van der Waals surface area contributed by atoms with Gasteiger partial charge in [0.2, 0.25) is 5.91 Å². The number of rotatable bonds is 5. The largest absolute Gasteiger partial charge is 0.378 e. The number of morpholine rings is 1. The molecule has 1 N–H and O–H groups in total. The van der Waals surface area contributed by atoms with E-state index in [0.29, 0.717) is 19.0 Å². The standard InChI is InChI=1S/C14H23N5O2/c1-18(8-13-15-10-16-17-13)14(20)12-9-21-6-5-19(12)7-11-3-2-4-11/h10-12H,2-9H2,1H3,(H,15,16,17). The van der Waals surface area contributed by atoms with Gasteiger partial charge in [-0.3, -0.25) is 14.8 Å². The lowest BCUT2D eigenvalue weighted by molar-refractivity contribution is -0.143.